The molecule has 120 valence electrons. The number of aliphatic hydroxyl groups is 1. The molecule has 2 atom stereocenters. The van der Waals surface area contributed by atoms with Crippen molar-refractivity contribution in [1.29, 1.82) is 0 Å². The Balaban J connectivity index is 2.22. The lowest BCUT2D eigenvalue weighted by atomic mass is 9.85. The van der Waals surface area contributed by atoms with E-state index in [0.717, 1.165) is 0 Å². The highest BCUT2D eigenvalue weighted by Gasteiger charge is 2.44. The quantitative estimate of drug-likeness (QED) is 0.867. The van der Waals surface area contributed by atoms with Crippen molar-refractivity contribution in [2.45, 2.75) is 31.6 Å². The summed E-state index contributed by atoms with van der Waals surface area (Å²) in [6.07, 6.45) is 0.693. The minimum atomic E-state index is -0.936. The van der Waals surface area contributed by atoms with Gasteiger partial charge in [0.25, 0.3) is 5.56 Å². The highest BCUT2D eigenvalue weighted by Crippen LogP contribution is 2.41. The minimum absolute atomic E-state index is 0.223. The van der Waals surface area contributed by atoms with Crippen LogP contribution in [0.5, 0.6) is 5.75 Å². The van der Waals surface area contributed by atoms with E-state index in [1.807, 2.05) is 0 Å². The van der Waals surface area contributed by atoms with Gasteiger partial charge < -0.3 is 20.1 Å². The zero-order valence-electron chi connectivity index (χ0n) is 12.9. The van der Waals surface area contributed by atoms with Gasteiger partial charge >= 0.3 is 0 Å². The number of ether oxygens (including phenoxy) is 1. The van der Waals surface area contributed by atoms with E-state index in [0.29, 0.717) is 16.9 Å². The van der Waals surface area contributed by atoms with Crippen LogP contribution in [0.4, 0.5) is 0 Å². The number of rotatable bonds is 2. The Kier molecular flexibility index (Phi) is 3.49. The van der Waals surface area contributed by atoms with Crippen LogP contribution >= 0.6 is 0 Å². The zero-order valence-corrected chi connectivity index (χ0v) is 12.9. The molecule has 0 saturated heterocycles. The number of pyridine rings is 1. The maximum atomic E-state index is 12.2. The van der Waals surface area contributed by atoms with Gasteiger partial charge in [-0.2, -0.15) is 0 Å². The summed E-state index contributed by atoms with van der Waals surface area (Å²) in [5.41, 5.74) is 5.11. The maximum absolute atomic E-state index is 12.2. The molecule has 1 aliphatic rings. The van der Waals surface area contributed by atoms with Gasteiger partial charge in [0.15, 0.2) is 0 Å². The maximum Gasteiger partial charge on any atom is 0.251 e. The molecule has 0 fully saturated rings. The molecule has 6 heteroatoms. The first-order chi connectivity index (χ1) is 10.8. The fourth-order valence-electron chi connectivity index (χ4n) is 2.89. The van der Waals surface area contributed by atoms with E-state index >= 15 is 0 Å². The second kappa shape index (κ2) is 5.24. The molecular weight excluding hydrogens is 296 g/mol. The van der Waals surface area contributed by atoms with Gasteiger partial charge in [-0.1, -0.05) is 12.1 Å². The van der Waals surface area contributed by atoms with Gasteiger partial charge in [-0.3, -0.25) is 9.59 Å². The first-order valence-electron chi connectivity index (χ1n) is 7.29. The average Bonchev–Trinajstić information content (AvgIpc) is 2.49. The number of benzene rings is 1. The summed E-state index contributed by atoms with van der Waals surface area (Å²) < 4.78 is 7.31. The van der Waals surface area contributed by atoms with E-state index in [-0.39, 0.29) is 5.56 Å². The number of aromatic nitrogens is 1. The molecular formula is C17H18N2O4. The molecule has 23 heavy (non-hydrogen) atoms. The molecule has 1 amide bonds. The second-order valence-electron chi connectivity index (χ2n) is 6.16. The number of fused-ring (bicyclic) bond motifs is 1. The van der Waals surface area contributed by atoms with Gasteiger partial charge in [-0.15, -0.1) is 0 Å². The standard InChI is InChI=1S/C17H18N2O4/c1-17(2)15(21)14(19-8-4-3-5-13(19)20)11-7-6-10(16(18)22)9-12(11)23-17/h3-9,14-15,21H,1-2H3,(H2,18,22). The van der Waals surface area contributed by atoms with Crippen molar-refractivity contribution in [1.82, 2.24) is 4.57 Å². The lowest BCUT2D eigenvalue weighted by Crippen LogP contribution is -2.52. The molecule has 3 rings (SSSR count). The van der Waals surface area contributed by atoms with Gasteiger partial charge in [0.05, 0.1) is 6.04 Å². The Morgan fingerprint density at radius 2 is 2.04 bits per heavy atom. The Hall–Kier alpha value is -2.60. The van der Waals surface area contributed by atoms with Crippen LogP contribution in [0.2, 0.25) is 0 Å². The second-order valence-corrected chi connectivity index (χ2v) is 6.16. The fraction of sp³-hybridized carbons (Fsp3) is 0.294. The van der Waals surface area contributed by atoms with Crippen LogP contribution in [0.3, 0.4) is 0 Å². The first-order valence-corrected chi connectivity index (χ1v) is 7.29. The molecule has 0 aliphatic carbocycles. The van der Waals surface area contributed by atoms with E-state index < -0.39 is 23.7 Å². The van der Waals surface area contributed by atoms with Crippen molar-refractivity contribution >= 4 is 5.91 Å². The van der Waals surface area contributed by atoms with Gasteiger partial charge in [-0.25, -0.2) is 0 Å². The molecule has 0 spiro atoms. The van der Waals surface area contributed by atoms with Crippen LogP contribution in [0, 0.1) is 0 Å². The van der Waals surface area contributed by atoms with Crippen molar-refractivity contribution in [3.8, 4) is 5.75 Å². The number of amides is 1. The molecule has 6 nitrogen and oxygen atoms in total. The Labute approximate surface area is 133 Å². The lowest BCUT2D eigenvalue weighted by molar-refractivity contribution is -0.0643. The SMILES string of the molecule is CC1(C)Oc2cc(C(N)=O)ccc2C(n2ccccc2=O)C1O. The summed E-state index contributed by atoms with van der Waals surface area (Å²) in [4.78, 5) is 23.6. The summed E-state index contributed by atoms with van der Waals surface area (Å²) in [6.45, 7) is 3.47. The van der Waals surface area contributed by atoms with Gasteiger partial charge in [0.1, 0.15) is 17.5 Å². The molecule has 2 unspecified atom stereocenters. The number of carbonyl (C=O) groups is 1. The average molecular weight is 314 g/mol. The largest absolute Gasteiger partial charge is 0.485 e. The van der Waals surface area contributed by atoms with Gasteiger partial charge in [-0.05, 0) is 32.0 Å². The van der Waals surface area contributed by atoms with Crippen LogP contribution < -0.4 is 16.0 Å². The number of nitrogens with zero attached hydrogens (tertiary/aromatic N) is 1. The smallest absolute Gasteiger partial charge is 0.251 e. The number of hydrogen-bond acceptors (Lipinski definition) is 4. The van der Waals surface area contributed by atoms with E-state index in [2.05, 4.69) is 0 Å². The summed E-state index contributed by atoms with van der Waals surface area (Å²) in [5, 5.41) is 10.7. The number of hydrogen-bond donors (Lipinski definition) is 2. The van der Waals surface area contributed by atoms with Crippen molar-refractivity contribution in [2.24, 2.45) is 5.73 Å². The third-order valence-electron chi connectivity index (χ3n) is 4.15. The predicted octanol–water partition coefficient (Wildman–Crippen LogP) is 1.07. The number of carbonyl (C=O) groups excluding carboxylic acids is 1. The van der Waals surface area contributed by atoms with Crippen molar-refractivity contribution in [3.63, 3.8) is 0 Å². The van der Waals surface area contributed by atoms with Gasteiger partial charge in [0.2, 0.25) is 5.91 Å². The normalized spacial score (nSPS) is 22.0. The lowest BCUT2D eigenvalue weighted by Gasteiger charge is -2.42. The molecule has 1 aliphatic heterocycles. The third kappa shape index (κ3) is 2.51. The van der Waals surface area contributed by atoms with E-state index in [1.165, 1.54) is 10.6 Å². The summed E-state index contributed by atoms with van der Waals surface area (Å²) >= 11 is 0. The number of primary amides is 1. The van der Waals surface area contributed by atoms with Crippen molar-refractivity contribution < 1.29 is 14.6 Å². The topological polar surface area (TPSA) is 94.5 Å². The molecule has 1 aromatic carbocycles. The number of nitrogens with two attached hydrogens (primary N) is 1. The van der Waals surface area contributed by atoms with Crippen LogP contribution in [0.1, 0.15) is 35.8 Å². The molecule has 1 aromatic heterocycles. The van der Waals surface area contributed by atoms with E-state index in [4.69, 9.17) is 10.5 Å². The zero-order chi connectivity index (χ0) is 16.8. The summed E-state index contributed by atoms with van der Waals surface area (Å²) in [7, 11) is 0. The van der Waals surface area contributed by atoms with Crippen LogP contribution in [-0.4, -0.2) is 27.3 Å². The molecule has 2 aromatic rings. The molecule has 0 saturated carbocycles. The fourth-order valence-corrected chi connectivity index (χ4v) is 2.89. The third-order valence-corrected chi connectivity index (χ3v) is 4.15. The van der Waals surface area contributed by atoms with Crippen LogP contribution in [0.25, 0.3) is 0 Å². The highest BCUT2D eigenvalue weighted by atomic mass is 16.5. The number of aliphatic hydroxyl groups excluding tert-OH is 1. The Morgan fingerprint density at radius 3 is 2.70 bits per heavy atom. The first kappa shape index (κ1) is 15.3. The molecule has 0 bridgehead atoms. The van der Waals surface area contributed by atoms with Crippen LogP contribution in [0.15, 0.2) is 47.4 Å². The Bertz CT molecular complexity index is 825. The van der Waals surface area contributed by atoms with E-state index in [1.54, 1.807) is 50.4 Å². The summed E-state index contributed by atoms with van der Waals surface area (Å²) in [6, 6.07) is 8.98. The molecule has 2 heterocycles. The predicted molar refractivity (Wildman–Crippen MR) is 84.5 cm³/mol. The highest BCUT2D eigenvalue weighted by molar-refractivity contribution is 5.93. The Morgan fingerprint density at radius 1 is 1.30 bits per heavy atom. The molecule has 0 radical (unpaired) electrons. The monoisotopic (exact) mass is 314 g/mol. The van der Waals surface area contributed by atoms with Crippen molar-refractivity contribution in [2.75, 3.05) is 0 Å². The molecule has 3 N–H and O–H groups in total. The van der Waals surface area contributed by atoms with Crippen LogP contribution in [-0.2, 0) is 0 Å². The van der Waals surface area contributed by atoms with E-state index in [9.17, 15) is 14.7 Å². The minimum Gasteiger partial charge on any atom is -0.485 e. The van der Waals surface area contributed by atoms with Gasteiger partial charge in [0, 0.05) is 23.4 Å². The van der Waals surface area contributed by atoms with Crippen molar-refractivity contribution in [3.05, 3.63) is 64.1 Å². The summed E-state index contributed by atoms with van der Waals surface area (Å²) in [5.74, 6) is -0.119.